The molecule has 1 aromatic carbocycles. The predicted molar refractivity (Wildman–Crippen MR) is 97.0 cm³/mol. The van der Waals surface area contributed by atoms with Gasteiger partial charge >= 0.3 is 0 Å². The minimum absolute atomic E-state index is 0.798. The van der Waals surface area contributed by atoms with Gasteiger partial charge in [0.15, 0.2) is 5.82 Å². The number of nitrogens with zero attached hydrogens (tertiary/aromatic N) is 3. The van der Waals surface area contributed by atoms with Gasteiger partial charge in [0.05, 0.1) is 5.39 Å². The third kappa shape index (κ3) is 3.10. The monoisotopic (exact) mass is 322 g/mol. The lowest BCUT2D eigenvalue weighted by Crippen LogP contribution is -2.07. The van der Waals surface area contributed by atoms with Crippen molar-refractivity contribution in [3.63, 3.8) is 0 Å². The smallest absolute Gasteiger partial charge is 0.158 e. The maximum absolute atomic E-state index is 4.57. The average Bonchev–Trinajstić information content (AvgIpc) is 3.06. The Balaban J connectivity index is 1.66. The molecule has 0 spiro atoms. The Kier molecular flexibility index (Phi) is 4.03. The van der Waals surface area contributed by atoms with E-state index in [9.17, 15) is 0 Å². The first-order chi connectivity index (χ1) is 11.4. The van der Waals surface area contributed by atoms with Crippen LogP contribution >= 0.6 is 11.3 Å². The van der Waals surface area contributed by atoms with Crippen molar-refractivity contribution in [3.8, 4) is 10.4 Å². The number of aromatic nitrogens is 2. The third-order valence-electron chi connectivity index (χ3n) is 4.14. The van der Waals surface area contributed by atoms with Crippen LogP contribution in [-0.2, 0) is 0 Å². The van der Waals surface area contributed by atoms with Crippen molar-refractivity contribution in [2.75, 3.05) is 5.43 Å². The third-order valence-corrected chi connectivity index (χ3v) is 5.23. The molecule has 1 aliphatic rings. The number of benzene rings is 1. The SMILES string of the molecule is c1ccc(-c2cc3c(NN=C4CCCCC4)ncnc3s2)cc1. The number of nitrogens with one attached hydrogen (secondary N) is 1. The highest BCUT2D eigenvalue weighted by Crippen LogP contribution is 2.34. The second kappa shape index (κ2) is 6.46. The molecule has 2 aromatic heterocycles. The van der Waals surface area contributed by atoms with Crippen LogP contribution in [0.5, 0.6) is 0 Å². The van der Waals surface area contributed by atoms with Gasteiger partial charge in [0.25, 0.3) is 0 Å². The molecule has 0 atom stereocenters. The maximum Gasteiger partial charge on any atom is 0.158 e. The quantitative estimate of drug-likeness (QED) is 0.683. The summed E-state index contributed by atoms with van der Waals surface area (Å²) in [5.41, 5.74) is 5.63. The van der Waals surface area contributed by atoms with Crippen LogP contribution in [0.1, 0.15) is 32.1 Å². The van der Waals surface area contributed by atoms with Gasteiger partial charge in [-0.05, 0) is 37.3 Å². The summed E-state index contributed by atoms with van der Waals surface area (Å²) in [6.45, 7) is 0. The molecule has 23 heavy (non-hydrogen) atoms. The van der Waals surface area contributed by atoms with Gasteiger partial charge in [-0.15, -0.1) is 11.3 Å². The van der Waals surface area contributed by atoms with Crippen LogP contribution in [0.2, 0.25) is 0 Å². The van der Waals surface area contributed by atoms with Crippen LogP contribution in [-0.4, -0.2) is 15.7 Å². The van der Waals surface area contributed by atoms with Crippen molar-refractivity contribution in [3.05, 3.63) is 42.7 Å². The van der Waals surface area contributed by atoms with E-state index in [4.69, 9.17) is 0 Å². The first-order valence-corrected chi connectivity index (χ1v) is 8.83. The van der Waals surface area contributed by atoms with Crippen LogP contribution in [0.3, 0.4) is 0 Å². The molecule has 5 heteroatoms. The lowest BCUT2D eigenvalue weighted by Gasteiger charge is -2.12. The van der Waals surface area contributed by atoms with Crippen LogP contribution in [0.25, 0.3) is 20.7 Å². The Morgan fingerprint density at radius 3 is 2.65 bits per heavy atom. The molecule has 4 rings (SSSR count). The Morgan fingerprint density at radius 2 is 1.83 bits per heavy atom. The summed E-state index contributed by atoms with van der Waals surface area (Å²) in [6.07, 6.45) is 7.62. The van der Waals surface area contributed by atoms with Crippen molar-refractivity contribution in [1.82, 2.24) is 9.97 Å². The molecular weight excluding hydrogens is 304 g/mol. The van der Waals surface area contributed by atoms with Crippen LogP contribution in [0, 0.1) is 0 Å². The maximum atomic E-state index is 4.57. The van der Waals surface area contributed by atoms with E-state index in [-0.39, 0.29) is 0 Å². The summed E-state index contributed by atoms with van der Waals surface area (Å²) >= 11 is 1.69. The number of anilines is 1. The molecule has 116 valence electrons. The van der Waals surface area contributed by atoms with Crippen LogP contribution in [0.15, 0.2) is 47.8 Å². The van der Waals surface area contributed by atoms with Gasteiger partial charge in [-0.1, -0.05) is 36.8 Å². The fourth-order valence-corrected chi connectivity index (χ4v) is 3.90. The first-order valence-electron chi connectivity index (χ1n) is 8.01. The lowest BCUT2D eigenvalue weighted by atomic mass is 9.99. The average molecular weight is 322 g/mol. The number of hydrogen-bond acceptors (Lipinski definition) is 5. The molecule has 1 aliphatic carbocycles. The summed E-state index contributed by atoms with van der Waals surface area (Å²) in [6, 6.07) is 12.5. The van der Waals surface area contributed by atoms with E-state index in [1.807, 2.05) is 6.07 Å². The molecule has 3 aromatic rings. The molecule has 2 heterocycles. The van der Waals surface area contributed by atoms with Crippen molar-refractivity contribution >= 4 is 33.1 Å². The van der Waals surface area contributed by atoms with E-state index in [1.54, 1.807) is 17.7 Å². The minimum atomic E-state index is 0.798. The summed E-state index contributed by atoms with van der Waals surface area (Å²) in [5.74, 6) is 0.798. The van der Waals surface area contributed by atoms with Gasteiger partial charge in [-0.2, -0.15) is 5.10 Å². The van der Waals surface area contributed by atoms with E-state index in [0.717, 1.165) is 28.9 Å². The highest BCUT2D eigenvalue weighted by atomic mass is 32.1. The van der Waals surface area contributed by atoms with Crippen molar-refractivity contribution in [2.45, 2.75) is 32.1 Å². The molecule has 0 saturated heterocycles. The van der Waals surface area contributed by atoms with E-state index in [0.29, 0.717) is 0 Å². The summed E-state index contributed by atoms with van der Waals surface area (Å²) < 4.78 is 0. The summed E-state index contributed by atoms with van der Waals surface area (Å²) in [5, 5.41) is 5.61. The first kappa shape index (κ1) is 14.3. The Morgan fingerprint density at radius 1 is 1.00 bits per heavy atom. The largest absolute Gasteiger partial charge is 0.261 e. The molecule has 1 fully saturated rings. The zero-order valence-electron chi connectivity index (χ0n) is 12.8. The van der Waals surface area contributed by atoms with E-state index < -0.39 is 0 Å². The predicted octanol–water partition coefficient (Wildman–Crippen LogP) is 5.09. The van der Waals surface area contributed by atoms with Crippen LogP contribution < -0.4 is 5.43 Å². The molecule has 1 N–H and O–H groups in total. The molecular formula is C18H18N4S. The summed E-state index contributed by atoms with van der Waals surface area (Å²) in [4.78, 5) is 11.0. The zero-order chi connectivity index (χ0) is 15.5. The fourth-order valence-electron chi connectivity index (χ4n) is 2.89. The van der Waals surface area contributed by atoms with E-state index in [2.05, 4.69) is 50.8 Å². The molecule has 0 bridgehead atoms. The Labute approximate surface area is 139 Å². The van der Waals surface area contributed by atoms with Crippen LogP contribution in [0.4, 0.5) is 5.82 Å². The van der Waals surface area contributed by atoms with Gasteiger partial charge in [-0.3, -0.25) is 5.43 Å². The molecule has 1 saturated carbocycles. The molecule has 0 aliphatic heterocycles. The van der Waals surface area contributed by atoms with E-state index >= 15 is 0 Å². The second-order valence-electron chi connectivity index (χ2n) is 5.77. The van der Waals surface area contributed by atoms with Crippen molar-refractivity contribution in [1.29, 1.82) is 0 Å². The van der Waals surface area contributed by atoms with Gasteiger partial charge in [0, 0.05) is 10.6 Å². The number of hydrazone groups is 1. The van der Waals surface area contributed by atoms with Gasteiger partial charge in [0.1, 0.15) is 11.2 Å². The zero-order valence-corrected chi connectivity index (χ0v) is 13.6. The topological polar surface area (TPSA) is 50.2 Å². The van der Waals surface area contributed by atoms with Gasteiger partial charge < -0.3 is 0 Å². The number of fused-ring (bicyclic) bond motifs is 1. The fraction of sp³-hybridized carbons (Fsp3) is 0.278. The molecule has 4 nitrogen and oxygen atoms in total. The normalized spacial score (nSPS) is 14.9. The highest BCUT2D eigenvalue weighted by Gasteiger charge is 2.11. The van der Waals surface area contributed by atoms with Crippen molar-refractivity contribution in [2.24, 2.45) is 5.10 Å². The number of rotatable bonds is 3. The lowest BCUT2D eigenvalue weighted by molar-refractivity contribution is 0.665. The van der Waals surface area contributed by atoms with Gasteiger partial charge in [0.2, 0.25) is 0 Å². The number of thiophene rings is 1. The number of hydrogen-bond donors (Lipinski definition) is 1. The second-order valence-corrected chi connectivity index (χ2v) is 6.80. The molecule has 0 radical (unpaired) electrons. The molecule has 0 unspecified atom stereocenters. The minimum Gasteiger partial charge on any atom is -0.261 e. The van der Waals surface area contributed by atoms with E-state index in [1.165, 1.54) is 35.4 Å². The standard InChI is InChI=1S/C18H18N4S/c1-3-7-13(8-4-1)16-11-15-17(19-12-20-18(15)23-16)22-21-14-9-5-2-6-10-14/h1,3-4,7-8,11-12H,2,5-6,9-10H2,(H,19,20,22). The summed E-state index contributed by atoms with van der Waals surface area (Å²) in [7, 11) is 0. The Hall–Kier alpha value is -2.27. The highest BCUT2D eigenvalue weighted by molar-refractivity contribution is 7.21. The van der Waals surface area contributed by atoms with Crippen molar-refractivity contribution < 1.29 is 0 Å². The van der Waals surface area contributed by atoms with Gasteiger partial charge in [-0.25, -0.2) is 9.97 Å². The Bertz CT molecular complexity index is 831. The molecule has 0 amide bonds.